The molecule has 1 fully saturated rings. The number of nitrogens with one attached hydrogen (secondary N) is 2. The molecular formula is C17H24N2O3. The van der Waals surface area contributed by atoms with E-state index in [-0.39, 0.29) is 12.1 Å². The van der Waals surface area contributed by atoms with E-state index in [9.17, 15) is 4.79 Å². The van der Waals surface area contributed by atoms with Crippen molar-refractivity contribution in [3.8, 4) is 11.5 Å². The van der Waals surface area contributed by atoms with Gasteiger partial charge in [-0.3, -0.25) is 0 Å². The van der Waals surface area contributed by atoms with Crippen LogP contribution in [0.1, 0.15) is 46.5 Å². The highest BCUT2D eigenvalue weighted by atomic mass is 16.7. The summed E-state index contributed by atoms with van der Waals surface area (Å²) in [5, 5.41) is 5.77. The van der Waals surface area contributed by atoms with Crippen LogP contribution in [0.5, 0.6) is 11.5 Å². The number of amides is 2. The molecule has 120 valence electrons. The van der Waals surface area contributed by atoms with Gasteiger partial charge < -0.3 is 20.1 Å². The first-order valence-corrected chi connectivity index (χ1v) is 8.07. The lowest BCUT2D eigenvalue weighted by atomic mass is 10.1. The zero-order valence-corrected chi connectivity index (χ0v) is 13.4. The summed E-state index contributed by atoms with van der Waals surface area (Å²) < 4.78 is 12.0. The van der Waals surface area contributed by atoms with Crippen LogP contribution in [-0.4, -0.2) is 17.9 Å². The number of ether oxygens (including phenoxy) is 2. The van der Waals surface area contributed by atoms with Gasteiger partial charge in [0.1, 0.15) is 0 Å². The third kappa shape index (κ3) is 2.98. The van der Waals surface area contributed by atoms with Crippen molar-refractivity contribution in [3.05, 3.63) is 18.2 Å². The maximum Gasteiger partial charge on any atom is 0.319 e. The van der Waals surface area contributed by atoms with E-state index in [4.69, 9.17) is 9.47 Å². The monoisotopic (exact) mass is 304 g/mol. The molecule has 0 radical (unpaired) electrons. The standard InChI is InChI=1S/C17H24N2O3/c1-11(2)12(3)18-16(20)19-13-6-7-14-15(10-13)22-17(21-14)8-4-5-9-17/h6-7,10-12H,4-5,8-9H2,1-3H3,(H2,18,19,20). The Bertz CT molecular complexity index is 565. The van der Waals surface area contributed by atoms with Gasteiger partial charge in [0, 0.05) is 30.6 Å². The molecule has 1 aromatic rings. The van der Waals surface area contributed by atoms with Crippen LogP contribution in [0, 0.1) is 5.92 Å². The van der Waals surface area contributed by atoms with Crippen molar-refractivity contribution in [3.63, 3.8) is 0 Å². The second kappa shape index (κ2) is 5.71. The molecule has 5 nitrogen and oxygen atoms in total. The van der Waals surface area contributed by atoms with Crippen molar-refractivity contribution in [2.24, 2.45) is 5.92 Å². The number of anilines is 1. The molecule has 3 rings (SSSR count). The highest BCUT2D eigenvalue weighted by Crippen LogP contribution is 2.47. The molecule has 1 unspecified atom stereocenters. The van der Waals surface area contributed by atoms with Gasteiger partial charge >= 0.3 is 6.03 Å². The lowest BCUT2D eigenvalue weighted by molar-refractivity contribution is -0.0716. The number of benzene rings is 1. The minimum absolute atomic E-state index is 0.121. The van der Waals surface area contributed by atoms with Gasteiger partial charge in [-0.25, -0.2) is 4.79 Å². The Hall–Kier alpha value is -1.91. The predicted octanol–water partition coefficient (Wildman–Crippen LogP) is 3.89. The number of urea groups is 1. The van der Waals surface area contributed by atoms with Gasteiger partial charge in [-0.2, -0.15) is 0 Å². The summed E-state index contributed by atoms with van der Waals surface area (Å²) in [4.78, 5) is 12.0. The van der Waals surface area contributed by atoms with Crippen LogP contribution in [0.25, 0.3) is 0 Å². The highest BCUT2D eigenvalue weighted by Gasteiger charge is 2.44. The van der Waals surface area contributed by atoms with E-state index >= 15 is 0 Å². The Balaban J connectivity index is 1.64. The van der Waals surface area contributed by atoms with Crippen LogP contribution < -0.4 is 20.1 Å². The minimum Gasteiger partial charge on any atom is -0.448 e. The molecule has 2 amide bonds. The fraction of sp³-hybridized carbons (Fsp3) is 0.588. The maximum absolute atomic E-state index is 12.0. The Labute approximate surface area is 131 Å². The molecule has 1 aliphatic heterocycles. The fourth-order valence-corrected chi connectivity index (χ4v) is 2.83. The molecule has 1 aromatic carbocycles. The second-order valence-electron chi connectivity index (χ2n) is 6.61. The lowest BCUT2D eigenvalue weighted by Gasteiger charge is -2.21. The highest BCUT2D eigenvalue weighted by molar-refractivity contribution is 5.89. The first kappa shape index (κ1) is 15.0. The van der Waals surface area contributed by atoms with Crippen molar-refractivity contribution < 1.29 is 14.3 Å². The lowest BCUT2D eigenvalue weighted by Crippen LogP contribution is -2.38. The van der Waals surface area contributed by atoms with Crippen molar-refractivity contribution >= 4 is 11.7 Å². The van der Waals surface area contributed by atoms with Crippen LogP contribution in [0.2, 0.25) is 0 Å². The molecule has 1 heterocycles. The van der Waals surface area contributed by atoms with Gasteiger partial charge in [0.25, 0.3) is 5.79 Å². The maximum atomic E-state index is 12.0. The fourth-order valence-electron chi connectivity index (χ4n) is 2.83. The summed E-state index contributed by atoms with van der Waals surface area (Å²) in [6, 6.07) is 5.47. The third-order valence-corrected chi connectivity index (χ3v) is 4.52. The van der Waals surface area contributed by atoms with Crippen LogP contribution >= 0.6 is 0 Å². The summed E-state index contributed by atoms with van der Waals surface area (Å²) in [5.74, 6) is 1.42. The number of hydrogen-bond donors (Lipinski definition) is 2. The quantitative estimate of drug-likeness (QED) is 0.890. The Morgan fingerprint density at radius 1 is 1.14 bits per heavy atom. The van der Waals surface area contributed by atoms with E-state index in [1.54, 1.807) is 0 Å². The van der Waals surface area contributed by atoms with Crippen molar-refractivity contribution in [2.45, 2.75) is 58.3 Å². The molecular weight excluding hydrogens is 280 g/mol. The molecule has 2 aliphatic rings. The minimum atomic E-state index is -0.463. The van der Waals surface area contributed by atoms with E-state index < -0.39 is 5.79 Å². The van der Waals surface area contributed by atoms with Crippen LogP contribution in [-0.2, 0) is 0 Å². The van der Waals surface area contributed by atoms with Crippen molar-refractivity contribution in [1.82, 2.24) is 5.32 Å². The van der Waals surface area contributed by atoms with Gasteiger partial charge in [-0.1, -0.05) is 13.8 Å². The summed E-state index contributed by atoms with van der Waals surface area (Å²) in [6.45, 7) is 6.15. The summed E-state index contributed by atoms with van der Waals surface area (Å²) >= 11 is 0. The molecule has 0 saturated heterocycles. The number of carbonyl (C=O) groups is 1. The molecule has 2 N–H and O–H groups in total. The van der Waals surface area contributed by atoms with Crippen LogP contribution in [0.15, 0.2) is 18.2 Å². The molecule has 1 aliphatic carbocycles. The van der Waals surface area contributed by atoms with Crippen molar-refractivity contribution in [2.75, 3.05) is 5.32 Å². The molecule has 22 heavy (non-hydrogen) atoms. The molecule has 5 heteroatoms. The zero-order chi connectivity index (χ0) is 15.7. The summed E-state index contributed by atoms with van der Waals surface area (Å²) in [6.07, 6.45) is 4.12. The number of fused-ring (bicyclic) bond motifs is 1. The normalized spacial score (nSPS) is 19.5. The molecule has 0 bridgehead atoms. The van der Waals surface area contributed by atoms with E-state index in [2.05, 4.69) is 24.5 Å². The predicted molar refractivity (Wildman–Crippen MR) is 85.4 cm³/mol. The molecule has 0 aromatic heterocycles. The first-order chi connectivity index (χ1) is 10.5. The van der Waals surface area contributed by atoms with Gasteiger partial charge in [0.05, 0.1) is 0 Å². The Morgan fingerprint density at radius 2 is 1.82 bits per heavy atom. The van der Waals surface area contributed by atoms with E-state index in [1.807, 2.05) is 25.1 Å². The largest absolute Gasteiger partial charge is 0.448 e. The summed E-state index contributed by atoms with van der Waals surface area (Å²) in [5.41, 5.74) is 0.714. The van der Waals surface area contributed by atoms with Gasteiger partial charge in [-0.05, 0) is 37.8 Å². The number of rotatable bonds is 3. The van der Waals surface area contributed by atoms with Crippen LogP contribution in [0.4, 0.5) is 10.5 Å². The molecule has 1 spiro atoms. The number of carbonyl (C=O) groups excluding carboxylic acids is 1. The van der Waals surface area contributed by atoms with Gasteiger partial charge in [-0.15, -0.1) is 0 Å². The zero-order valence-electron chi connectivity index (χ0n) is 13.4. The summed E-state index contributed by atoms with van der Waals surface area (Å²) in [7, 11) is 0. The average molecular weight is 304 g/mol. The second-order valence-corrected chi connectivity index (χ2v) is 6.61. The third-order valence-electron chi connectivity index (χ3n) is 4.52. The van der Waals surface area contributed by atoms with E-state index in [0.29, 0.717) is 11.6 Å². The van der Waals surface area contributed by atoms with Gasteiger partial charge in [0.15, 0.2) is 11.5 Å². The Morgan fingerprint density at radius 3 is 2.50 bits per heavy atom. The Kier molecular flexibility index (Phi) is 3.89. The first-order valence-electron chi connectivity index (χ1n) is 8.07. The number of hydrogen-bond acceptors (Lipinski definition) is 3. The topological polar surface area (TPSA) is 59.6 Å². The molecule has 1 atom stereocenters. The van der Waals surface area contributed by atoms with E-state index in [0.717, 1.165) is 37.2 Å². The molecule has 1 saturated carbocycles. The smallest absolute Gasteiger partial charge is 0.319 e. The van der Waals surface area contributed by atoms with E-state index in [1.165, 1.54) is 0 Å². The van der Waals surface area contributed by atoms with Gasteiger partial charge in [0.2, 0.25) is 0 Å². The average Bonchev–Trinajstić information content (AvgIpc) is 3.04. The van der Waals surface area contributed by atoms with Crippen molar-refractivity contribution in [1.29, 1.82) is 0 Å². The van der Waals surface area contributed by atoms with Crippen LogP contribution in [0.3, 0.4) is 0 Å². The SMILES string of the molecule is CC(C)C(C)NC(=O)Nc1ccc2c(c1)OC1(CCCC1)O2.